The Kier molecular flexibility index (Phi) is 3.03. The molecule has 0 aliphatic heterocycles. The molecule has 0 heterocycles. The molecule has 1 aromatic rings. The van der Waals surface area contributed by atoms with E-state index in [1.54, 1.807) is 0 Å². The lowest BCUT2D eigenvalue weighted by Crippen LogP contribution is -2.03. The van der Waals surface area contributed by atoms with E-state index in [2.05, 4.69) is 0 Å². The van der Waals surface area contributed by atoms with Crippen molar-refractivity contribution in [1.82, 2.24) is 0 Å². The zero-order chi connectivity index (χ0) is 9.84. The highest BCUT2D eigenvalue weighted by molar-refractivity contribution is 6.30. The predicted molar refractivity (Wildman–Crippen MR) is 48.5 cm³/mol. The van der Waals surface area contributed by atoms with Gasteiger partial charge >= 0.3 is 5.97 Å². The molecule has 0 saturated heterocycles. The molecule has 0 atom stereocenters. The van der Waals surface area contributed by atoms with Gasteiger partial charge in [0.2, 0.25) is 0 Å². The van der Waals surface area contributed by atoms with Crippen LogP contribution >= 0.6 is 11.6 Å². The van der Waals surface area contributed by atoms with Crippen LogP contribution in [-0.4, -0.2) is 22.7 Å². The molecule has 13 heavy (non-hydrogen) atoms. The first-order chi connectivity index (χ1) is 6.15. The number of hydrogen-bond donors (Lipinski definition) is 1. The minimum absolute atomic E-state index is 0.0935. The maximum absolute atomic E-state index is 11.1. The number of benzene rings is 1. The molecule has 0 aliphatic carbocycles. The van der Waals surface area contributed by atoms with Crippen LogP contribution in [0.2, 0.25) is 0 Å². The average Bonchev–Trinajstić information content (AvgIpc) is 2.17. The molecule has 3 nitrogen and oxygen atoms in total. The number of Topliss-reactive ketones (excluding diaryl/α,β-unsaturated/α-hetero) is 1. The standard InChI is InChI=1S/C9H7ClO3/c10-5-8(11)6-2-1-3-7(4-6)9(12)13/h1-4H,5H2,(H,12,13). The SMILES string of the molecule is O=C(O)c1cccc(C(=O)CCl)c1. The van der Waals surface area contributed by atoms with E-state index in [4.69, 9.17) is 16.7 Å². The lowest BCUT2D eigenvalue weighted by Gasteiger charge is -1.98. The lowest BCUT2D eigenvalue weighted by molar-refractivity contribution is 0.0697. The zero-order valence-corrected chi connectivity index (χ0v) is 7.41. The van der Waals surface area contributed by atoms with E-state index in [0.717, 1.165) is 0 Å². The second-order valence-corrected chi connectivity index (χ2v) is 2.71. The van der Waals surface area contributed by atoms with Crippen molar-refractivity contribution in [1.29, 1.82) is 0 Å². The highest BCUT2D eigenvalue weighted by Gasteiger charge is 2.07. The molecule has 1 rings (SSSR count). The number of aromatic carboxylic acids is 1. The van der Waals surface area contributed by atoms with Crippen molar-refractivity contribution >= 4 is 23.4 Å². The predicted octanol–water partition coefficient (Wildman–Crippen LogP) is 1.81. The summed E-state index contributed by atoms with van der Waals surface area (Å²) in [5, 5.41) is 8.62. The minimum atomic E-state index is -1.05. The van der Waals surface area contributed by atoms with E-state index in [1.165, 1.54) is 24.3 Å². The summed E-state index contributed by atoms with van der Waals surface area (Å²) in [6.45, 7) is 0. The molecular formula is C9H7ClO3. The van der Waals surface area contributed by atoms with Gasteiger partial charge in [-0.3, -0.25) is 4.79 Å². The second-order valence-electron chi connectivity index (χ2n) is 2.44. The number of carbonyl (C=O) groups excluding carboxylic acids is 1. The summed E-state index contributed by atoms with van der Waals surface area (Å²) in [6, 6.07) is 5.79. The first-order valence-corrected chi connectivity index (χ1v) is 4.11. The van der Waals surface area contributed by atoms with Crippen molar-refractivity contribution < 1.29 is 14.7 Å². The molecule has 1 N–H and O–H groups in total. The molecule has 1 aromatic carbocycles. The molecule has 0 amide bonds. The van der Waals surface area contributed by atoms with Crippen LogP contribution in [0.3, 0.4) is 0 Å². The van der Waals surface area contributed by atoms with Gasteiger partial charge in [0, 0.05) is 5.56 Å². The molecule has 0 aromatic heterocycles. The van der Waals surface area contributed by atoms with Crippen molar-refractivity contribution in [2.45, 2.75) is 0 Å². The Morgan fingerprint density at radius 2 is 1.92 bits per heavy atom. The fraction of sp³-hybridized carbons (Fsp3) is 0.111. The Morgan fingerprint density at radius 3 is 2.46 bits per heavy atom. The number of carbonyl (C=O) groups is 2. The second kappa shape index (κ2) is 4.05. The molecule has 0 unspecified atom stereocenters. The Hall–Kier alpha value is -1.35. The molecular weight excluding hydrogens is 192 g/mol. The number of halogens is 1. The van der Waals surface area contributed by atoms with Crippen LogP contribution in [0.25, 0.3) is 0 Å². The van der Waals surface area contributed by atoms with E-state index in [9.17, 15) is 9.59 Å². The van der Waals surface area contributed by atoms with Gasteiger partial charge in [0.05, 0.1) is 11.4 Å². The third-order valence-electron chi connectivity index (χ3n) is 1.55. The van der Waals surface area contributed by atoms with E-state index in [0.29, 0.717) is 5.56 Å². The number of ketones is 1. The summed E-state index contributed by atoms with van der Waals surface area (Å²) in [4.78, 5) is 21.6. The van der Waals surface area contributed by atoms with Gasteiger partial charge in [-0.05, 0) is 12.1 Å². The summed E-state index contributed by atoms with van der Waals surface area (Å²) >= 11 is 5.32. The number of alkyl halides is 1. The van der Waals surface area contributed by atoms with Crippen molar-refractivity contribution in [2.24, 2.45) is 0 Å². The fourth-order valence-corrected chi connectivity index (χ4v) is 1.06. The molecule has 4 heteroatoms. The van der Waals surface area contributed by atoms with E-state index >= 15 is 0 Å². The van der Waals surface area contributed by atoms with Crippen LogP contribution in [0.5, 0.6) is 0 Å². The first kappa shape index (κ1) is 9.74. The average molecular weight is 199 g/mol. The number of carboxylic acid groups (broad SMARTS) is 1. The van der Waals surface area contributed by atoms with Crippen molar-refractivity contribution in [2.75, 3.05) is 5.88 Å². The Balaban J connectivity index is 3.05. The highest BCUT2D eigenvalue weighted by Crippen LogP contribution is 2.06. The maximum atomic E-state index is 11.1. The maximum Gasteiger partial charge on any atom is 0.335 e. The van der Waals surface area contributed by atoms with Crippen molar-refractivity contribution in [3.8, 4) is 0 Å². The Labute approximate surface area is 79.9 Å². The number of hydrogen-bond acceptors (Lipinski definition) is 2. The molecule has 0 fully saturated rings. The molecule has 0 aliphatic rings. The normalized spacial score (nSPS) is 9.62. The van der Waals surface area contributed by atoms with Gasteiger partial charge in [-0.15, -0.1) is 11.6 Å². The van der Waals surface area contributed by atoms with E-state index < -0.39 is 5.97 Å². The van der Waals surface area contributed by atoms with Crippen LogP contribution in [-0.2, 0) is 0 Å². The van der Waals surface area contributed by atoms with Crippen molar-refractivity contribution in [3.05, 3.63) is 35.4 Å². The van der Waals surface area contributed by atoms with Crippen LogP contribution in [0.1, 0.15) is 20.7 Å². The third kappa shape index (κ3) is 2.29. The summed E-state index contributed by atoms with van der Waals surface area (Å²) in [7, 11) is 0. The summed E-state index contributed by atoms with van der Waals surface area (Å²) in [5.74, 6) is -1.46. The quantitative estimate of drug-likeness (QED) is 0.595. The van der Waals surface area contributed by atoms with Gasteiger partial charge in [-0.25, -0.2) is 4.79 Å². The summed E-state index contributed by atoms with van der Waals surface area (Å²) < 4.78 is 0. The van der Waals surface area contributed by atoms with Crippen LogP contribution in [0.4, 0.5) is 0 Å². The Morgan fingerprint density at radius 1 is 1.31 bits per heavy atom. The smallest absolute Gasteiger partial charge is 0.335 e. The lowest BCUT2D eigenvalue weighted by atomic mass is 10.1. The zero-order valence-electron chi connectivity index (χ0n) is 6.66. The van der Waals surface area contributed by atoms with E-state index in [1.807, 2.05) is 0 Å². The molecule has 0 saturated carbocycles. The van der Waals surface area contributed by atoms with Crippen molar-refractivity contribution in [3.63, 3.8) is 0 Å². The monoisotopic (exact) mass is 198 g/mol. The van der Waals surface area contributed by atoms with Gasteiger partial charge in [0.25, 0.3) is 0 Å². The van der Waals surface area contributed by atoms with Gasteiger partial charge < -0.3 is 5.11 Å². The molecule has 0 bridgehead atoms. The van der Waals surface area contributed by atoms with Crippen LogP contribution in [0.15, 0.2) is 24.3 Å². The highest BCUT2D eigenvalue weighted by atomic mass is 35.5. The summed E-state index contributed by atoms with van der Waals surface area (Å²) in [5.41, 5.74) is 0.422. The topological polar surface area (TPSA) is 54.4 Å². The molecule has 68 valence electrons. The van der Waals surface area contributed by atoms with Gasteiger partial charge in [0.15, 0.2) is 5.78 Å². The van der Waals surface area contributed by atoms with Crippen LogP contribution in [0, 0.1) is 0 Å². The Bertz CT molecular complexity index is 346. The first-order valence-electron chi connectivity index (χ1n) is 3.57. The fourth-order valence-electron chi connectivity index (χ4n) is 0.903. The number of carboxylic acids is 1. The summed E-state index contributed by atoms with van der Waals surface area (Å²) in [6.07, 6.45) is 0. The largest absolute Gasteiger partial charge is 0.478 e. The van der Waals surface area contributed by atoms with E-state index in [-0.39, 0.29) is 17.2 Å². The van der Waals surface area contributed by atoms with Crippen LogP contribution < -0.4 is 0 Å². The number of rotatable bonds is 3. The minimum Gasteiger partial charge on any atom is -0.478 e. The molecule has 0 spiro atoms. The van der Waals surface area contributed by atoms with Gasteiger partial charge in [-0.1, -0.05) is 12.1 Å². The third-order valence-corrected chi connectivity index (χ3v) is 1.80. The molecule has 0 radical (unpaired) electrons. The van der Waals surface area contributed by atoms with Gasteiger partial charge in [-0.2, -0.15) is 0 Å². The van der Waals surface area contributed by atoms with Gasteiger partial charge in [0.1, 0.15) is 0 Å².